The van der Waals surface area contributed by atoms with Gasteiger partial charge in [-0.25, -0.2) is 8.42 Å². The van der Waals surface area contributed by atoms with Crippen LogP contribution < -0.4 is 5.32 Å². The molecule has 2 rings (SSSR count). The number of halogens is 1. The molecule has 1 aromatic carbocycles. The Hall–Kier alpha value is -0.840. The van der Waals surface area contributed by atoms with Gasteiger partial charge in [-0.2, -0.15) is 0 Å². The average molecular weight is 272 g/mol. The van der Waals surface area contributed by atoms with E-state index >= 15 is 0 Å². The summed E-state index contributed by atoms with van der Waals surface area (Å²) in [6, 6.07) is 4.92. The minimum atomic E-state index is -3.25. The molecule has 3 nitrogen and oxygen atoms in total. The van der Waals surface area contributed by atoms with Crippen LogP contribution in [0.3, 0.4) is 0 Å². The third kappa shape index (κ3) is 2.54. The van der Waals surface area contributed by atoms with Crippen LogP contribution in [0.1, 0.15) is 18.4 Å². The maximum absolute atomic E-state index is 11.9. The molecule has 0 unspecified atom stereocenters. The molecule has 0 bridgehead atoms. The number of hydrogen-bond acceptors (Lipinski definition) is 3. The van der Waals surface area contributed by atoms with Crippen molar-refractivity contribution in [3.63, 3.8) is 0 Å². The highest BCUT2D eigenvalue weighted by Crippen LogP contribution is 2.37. The van der Waals surface area contributed by atoms with Crippen LogP contribution in [0, 0.1) is 0 Å². The Morgan fingerprint density at radius 1 is 1.35 bits per heavy atom. The molecule has 0 spiro atoms. The number of hydrogen-bond donors (Lipinski definition) is 1. The molecule has 0 saturated heterocycles. The van der Waals surface area contributed by atoms with E-state index < -0.39 is 9.84 Å². The van der Waals surface area contributed by atoms with Crippen molar-refractivity contribution in [2.24, 2.45) is 0 Å². The van der Waals surface area contributed by atoms with E-state index in [2.05, 4.69) is 5.32 Å². The zero-order valence-corrected chi connectivity index (χ0v) is 11.1. The van der Waals surface area contributed by atoms with E-state index in [0.29, 0.717) is 9.92 Å². The van der Waals surface area contributed by atoms with Crippen LogP contribution in [0.25, 0.3) is 5.57 Å². The summed E-state index contributed by atoms with van der Waals surface area (Å²) in [5, 5.41) is 4.98. The van der Waals surface area contributed by atoms with Gasteiger partial charge in [-0.3, -0.25) is 0 Å². The lowest BCUT2D eigenvalue weighted by Gasteiger charge is -2.04. The fourth-order valence-electron chi connectivity index (χ4n) is 1.96. The molecule has 1 N–H and O–H groups in total. The Morgan fingerprint density at radius 2 is 2.12 bits per heavy atom. The van der Waals surface area contributed by atoms with Gasteiger partial charge in [0.25, 0.3) is 0 Å². The van der Waals surface area contributed by atoms with E-state index in [4.69, 9.17) is 11.6 Å². The summed E-state index contributed by atoms with van der Waals surface area (Å²) in [4.78, 5) is 0.376. The molecule has 0 aliphatic carbocycles. The van der Waals surface area contributed by atoms with Crippen LogP contribution in [-0.2, 0) is 9.84 Å². The highest BCUT2D eigenvalue weighted by molar-refractivity contribution is 7.95. The van der Waals surface area contributed by atoms with Crippen LogP contribution in [-0.4, -0.2) is 22.0 Å². The molecule has 0 aromatic heterocycles. The second kappa shape index (κ2) is 4.80. The number of nitrogens with one attached hydrogen (secondary N) is 1. The van der Waals surface area contributed by atoms with Gasteiger partial charge in [-0.1, -0.05) is 11.6 Å². The van der Waals surface area contributed by atoms with Crippen molar-refractivity contribution in [3.8, 4) is 0 Å². The first-order valence-electron chi connectivity index (χ1n) is 5.45. The molecular weight excluding hydrogens is 258 g/mol. The first-order valence-corrected chi connectivity index (χ1v) is 7.37. The largest absolute Gasteiger partial charge is 0.320 e. The summed E-state index contributed by atoms with van der Waals surface area (Å²) in [5.74, 6) is 0. The van der Waals surface area contributed by atoms with Gasteiger partial charge in [0.1, 0.15) is 0 Å². The van der Waals surface area contributed by atoms with Crippen LogP contribution >= 0.6 is 11.6 Å². The first-order chi connectivity index (χ1) is 8.04. The predicted molar refractivity (Wildman–Crippen MR) is 69.8 cm³/mol. The van der Waals surface area contributed by atoms with Gasteiger partial charge in [0, 0.05) is 10.4 Å². The molecule has 0 radical (unpaired) electrons. The topological polar surface area (TPSA) is 46.2 Å². The highest BCUT2D eigenvalue weighted by Gasteiger charge is 2.26. The Morgan fingerprint density at radius 3 is 2.82 bits per heavy atom. The van der Waals surface area contributed by atoms with E-state index in [0.717, 1.165) is 30.5 Å². The van der Waals surface area contributed by atoms with Crippen molar-refractivity contribution in [3.05, 3.63) is 34.2 Å². The first kappa shape index (κ1) is 12.6. The minimum absolute atomic E-state index is 0.376. The SMILES string of the molecule is CNCCCC1=CS(=O)(=O)c2ccc(Cl)cc21. The summed E-state index contributed by atoms with van der Waals surface area (Å²) >= 11 is 5.91. The molecule has 1 aliphatic rings. The molecule has 17 heavy (non-hydrogen) atoms. The maximum atomic E-state index is 11.9. The van der Waals surface area contributed by atoms with Gasteiger partial charge in [0.15, 0.2) is 0 Å². The molecule has 5 heteroatoms. The maximum Gasteiger partial charge on any atom is 0.200 e. The normalized spacial score (nSPS) is 16.7. The van der Waals surface area contributed by atoms with Crippen molar-refractivity contribution in [1.29, 1.82) is 0 Å². The van der Waals surface area contributed by atoms with Gasteiger partial charge in [-0.15, -0.1) is 0 Å². The Bertz CT molecular complexity index is 564. The second-order valence-electron chi connectivity index (χ2n) is 4.04. The van der Waals surface area contributed by atoms with E-state index in [1.165, 1.54) is 5.41 Å². The van der Waals surface area contributed by atoms with Gasteiger partial charge >= 0.3 is 0 Å². The van der Waals surface area contributed by atoms with Crippen molar-refractivity contribution < 1.29 is 8.42 Å². The highest BCUT2D eigenvalue weighted by atomic mass is 35.5. The van der Waals surface area contributed by atoms with Gasteiger partial charge < -0.3 is 5.32 Å². The quantitative estimate of drug-likeness (QED) is 0.856. The summed E-state index contributed by atoms with van der Waals surface area (Å²) in [7, 11) is -1.37. The zero-order valence-electron chi connectivity index (χ0n) is 9.53. The monoisotopic (exact) mass is 271 g/mol. The van der Waals surface area contributed by atoms with Crippen molar-refractivity contribution in [2.75, 3.05) is 13.6 Å². The number of benzene rings is 1. The van der Waals surface area contributed by atoms with E-state index in [1.54, 1.807) is 18.2 Å². The summed E-state index contributed by atoms with van der Waals surface area (Å²) < 4.78 is 23.7. The summed E-state index contributed by atoms with van der Waals surface area (Å²) in [6.45, 7) is 0.868. The fourth-order valence-corrected chi connectivity index (χ4v) is 3.64. The van der Waals surface area contributed by atoms with Crippen molar-refractivity contribution >= 4 is 27.0 Å². The van der Waals surface area contributed by atoms with Gasteiger partial charge in [0.2, 0.25) is 9.84 Å². The Labute approximate surface area is 106 Å². The lowest BCUT2D eigenvalue weighted by atomic mass is 10.0. The third-order valence-electron chi connectivity index (χ3n) is 2.76. The van der Waals surface area contributed by atoms with E-state index in [1.807, 2.05) is 7.05 Å². The lowest BCUT2D eigenvalue weighted by molar-refractivity contribution is 0.605. The third-order valence-corrected chi connectivity index (χ3v) is 4.56. The van der Waals surface area contributed by atoms with Crippen LogP contribution in [0.15, 0.2) is 28.5 Å². The zero-order chi connectivity index (χ0) is 12.5. The van der Waals surface area contributed by atoms with Crippen LogP contribution in [0.4, 0.5) is 0 Å². The summed E-state index contributed by atoms with van der Waals surface area (Å²) in [6.07, 6.45) is 1.65. The number of fused-ring (bicyclic) bond motifs is 1. The molecule has 0 atom stereocenters. The van der Waals surface area contributed by atoms with E-state index in [-0.39, 0.29) is 0 Å². The molecule has 92 valence electrons. The molecule has 0 amide bonds. The predicted octanol–water partition coefficient (Wildman–Crippen LogP) is 2.47. The number of allylic oxidation sites excluding steroid dienone is 1. The van der Waals surface area contributed by atoms with Gasteiger partial charge in [-0.05, 0) is 55.8 Å². The number of sulfone groups is 1. The fraction of sp³-hybridized carbons (Fsp3) is 0.333. The Balaban J connectivity index is 2.34. The standard InChI is InChI=1S/C12H14ClNO2S/c1-14-6-2-3-9-8-17(15,16)12-5-4-10(13)7-11(9)12/h4-5,7-8,14H,2-3,6H2,1H3. The molecule has 0 saturated carbocycles. The van der Waals surface area contributed by atoms with Crippen LogP contribution in [0.2, 0.25) is 5.02 Å². The van der Waals surface area contributed by atoms with Gasteiger partial charge in [0.05, 0.1) is 4.90 Å². The molecule has 1 heterocycles. The van der Waals surface area contributed by atoms with Crippen molar-refractivity contribution in [2.45, 2.75) is 17.7 Å². The molecule has 1 aromatic rings. The molecule has 1 aliphatic heterocycles. The smallest absolute Gasteiger partial charge is 0.200 e. The molecule has 0 fully saturated rings. The Kier molecular flexibility index (Phi) is 3.56. The molecular formula is C12H14ClNO2S. The van der Waals surface area contributed by atoms with E-state index in [9.17, 15) is 8.42 Å². The minimum Gasteiger partial charge on any atom is -0.320 e. The van der Waals surface area contributed by atoms with Crippen molar-refractivity contribution in [1.82, 2.24) is 5.32 Å². The summed E-state index contributed by atoms with van der Waals surface area (Å²) in [5.41, 5.74) is 1.62. The second-order valence-corrected chi connectivity index (χ2v) is 6.24. The average Bonchev–Trinajstić information content (AvgIpc) is 2.51. The van der Waals surface area contributed by atoms with Crippen LogP contribution in [0.5, 0.6) is 0 Å². The number of rotatable bonds is 4. The lowest BCUT2D eigenvalue weighted by Crippen LogP contribution is -2.07.